The zero-order chi connectivity index (χ0) is 14.3. The summed E-state index contributed by atoms with van der Waals surface area (Å²) in [5, 5.41) is 0. The Morgan fingerprint density at radius 3 is 2.37 bits per heavy atom. The SMILES string of the molecule is CC.CC(=O)c1ccccc1Oc1cccnc1Br. The maximum atomic E-state index is 11.4. The van der Waals surface area contributed by atoms with Gasteiger partial charge >= 0.3 is 0 Å². The van der Waals surface area contributed by atoms with Gasteiger partial charge in [-0.3, -0.25) is 4.79 Å². The summed E-state index contributed by atoms with van der Waals surface area (Å²) in [6, 6.07) is 10.7. The number of nitrogens with zero attached hydrogens (tertiary/aromatic N) is 1. The number of hydrogen-bond donors (Lipinski definition) is 0. The van der Waals surface area contributed by atoms with Crippen molar-refractivity contribution in [2.75, 3.05) is 0 Å². The third kappa shape index (κ3) is 4.17. The molecule has 2 rings (SSSR count). The molecule has 0 aliphatic rings. The molecule has 0 saturated heterocycles. The van der Waals surface area contributed by atoms with E-state index < -0.39 is 0 Å². The van der Waals surface area contributed by atoms with E-state index in [-0.39, 0.29) is 5.78 Å². The van der Waals surface area contributed by atoms with Crippen LogP contribution in [0.15, 0.2) is 47.2 Å². The lowest BCUT2D eigenvalue weighted by Gasteiger charge is -2.09. The molecule has 0 N–H and O–H groups in total. The summed E-state index contributed by atoms with van der Waals surface area (Å²) in [7, 11) is 0. The van der Waals surface area contributed by atoms with Crippen LogP contribution in [0.3, 0.4) is 0 Å². The predicted octanol–water partition coefficient (Wildman–Crippen LogP) is 4.87. The van der Waals surface area contributed by atoms with E-state index in [4.69, 9.17) is 4.74 Å². The van der Waals surface area contributed by atoms with Crippen molar-refractivity contribution in [1.29, 1.82) is 0 Å². The Balaban J connectivity index is 0.000000861. The van der Waals surface area contributed by atoms with Gasteiger partial charge in [-0.15, -0.1) is 0 Å². The molecule has 0 spiro atoms. The van der Waals surface area contributed by atoms with Crippen molar-refractivity contribution in [3.8, 4) is 11.5 Å². The summed E-state index contributed by atoms with van der Waals surface area (Å²) >= 11 is 3.29. The molecule has 0 aliphatic heterocycles. The van der Waals surface area contributed by atoms with E-state index in [2.05, 4.69) is 20.9 Å². The molecule has 0 amide bonds. The fourth-order valence-electron chi connectivity index (χ4n) is 1.41. The lowest BCUT2D eigenvalue weighted by atomic mass is 10.1. The molecular weight excluding hydrogens is 306 g/mol. The molecule has 1 heterocycles. The molecule has 19 heavy (non-hydrogen) atoms. The number of ether oxygens (including phenoxy) is 1. The topological polar surface area (TPSA) is 39.2 Å². The molecule has 2 aromatic rings. The third-order valence-corrected chi connectivity index (χ3v) is 2.81. The van der Waals surface area contributed by atoms with E-state index in [1.165, 1.54) is 6.92 Å². The van der Waals surface area contributed by atoms with Gasteiger partial charge in [-0.25, -0.2) is 4.98 Å². The second kappa shape index (κ2) is 7.69. The first kappa shape index (κ1) is 15.4. The minimum atomic E-state index is -0.0272. The van der Waals surface area contributed by atoms with Crippen LogP contribution in [-0.2, 0) is 0 Å². The van der Waals surface area contributed by atoms with Crippen molar-refractivity contribution in [3.05, 3.63) is 52.8 Å². The van der Waals surface area contributed by atoms with Gasteiger partial charge in [0.2, 0.25) is 0 Å². The van der Waals surface area contributed by atoms with E-state index in [9.17, 15) is 4.79 Å². The van der Waals surface area contributed by atoms with Crippen molar-refractivity contribution in [1.82, 2.24) is 4.98 Å². The highest BCUT2D eigenvalue weighted by molar-refractivity contribution is 9.10. The standard InChI is InChI=1S/C13H10BrNO2.C2H6/c1-9(16)10-5-2-3-6-11(10)17-12-7-4-8-15-13(12)14;1-2/h2-8H,1H3;1-2H3. The number of Topliss-reactive ketones (excluding diaryl/α,β-unsaturated/α-hetero) is 1. The highest BCUT2D eigenvalue weighted by Gasteiger charge is 2.10. The van der Waals surface area contributed by atoms with Crippen LogP contribution in [0.2, 0.25) is 0 Å². The van der Waals surface area contributed by atoms with Crippen LogP contribution in [0.5, 0.6) is 11.5 Å². The van der Waals surface area contributed by atoms with Gasteiger partial charge in [0.25, 0.3) is 0 Å². The molecule has 0 fully saturated rings. The van der Waals surface area contributed by atoms with Crippen LogP contribution in [0, 0.1) is 0 Å². The third-order valence-electron chi connectivity index (χ3n) is 2.21. The van der Waals surface area contributed by atoms with Gasteiger partial charge in [-0.2, -0.15) is 0 Å². The minimum Gasteiger partial charge on any atom is -0.454 e. The van der Waals surface area contributed by atoms with E-state index in [1.807, 2.05) is 26.0 Å². The first-order valence-electron chi connectivity index (χ1n) is 6.07. The first-order chi connectivity index (χ1) is 9.18. The molecule has 1 aromatic carbocycles. The molecule has 0 saturated carbocycles. The van der Waals surface area contributed by atoms with Gasteiger partial charge in [0.05, 0.1) is 5.56 Å². The van der Waals surface area contributed by atoms with Crippen molar-refractivity contribution in [2.45, 2.75) is 20.8 Å². The van der Waals surface area contributed by atoms with Crippen molar-refractivity contribution >= 4 is 21.7 Å². The normalized spacial score (nSPS) is 9.26. The number of aromatic nitrogens is 1. The summed E-state index contributed by atoms with van der Waals surface area (Å²) in [6.45, 7) is 5.51. The number of pyridine rings is 1. The highest BCUT2D eigenvalue weighted by Crippen LogP contribution is 2.29. The zero-order valence-electron chi connectivity index (χ0n) is 11.2. The van der Waals surface area contributed by atoms with Gasteiger partial charge in [0.1, 0.15) is 10.4 Å². The van der Waals surface area contributed by atoms with Gasteiger partial charge in [-0.1, -0.05) is 26.0 Å². The van der Waals surface area contributed by atoms with E-state index >= 15 is 0 Å². The first-order valence-corrected chi connectivity index (χ1v) is 6.86. The van der Waals surface area contributed by atoms with E-state index in [1.54, 1.807) is 30.5 Å². The zero-order valence-corrected chi connectivity index (χ0v) is 12.8. The molecule has 0 bridgehead atoms. The van der Waals surface area contributed by atoms with Crippen molar-refractivity contribution < 1.29 is 9.53 Å². The summed E-state index contributed by atoms with van der Waals surface area (Å²) < 4.78 is 6.28. The average Bonchev–Trinajstić information content (AvgIpc) is 2.44. The van der Waals surface area contributed by atoms with Crippen LogP contribution in [0.1, 0.15) is 31.1 Å². The fraction of sp³-hybridized carbons (Fsp3) is 0.200. The Bertz CT molecular complexity index is 555. The predicted molar refractivity (Wildman–Crippen MR) is 79.8 cm³/mol. The molecule has 0 unspecified atom stereocenters. The summed E-state index contributed by atoms with van der Waals surface area (Å²) in [4.78, 5) is 15.5. The summed E-state index contributed by atoms with van der Waals surface area (Å²) in [5.41, 5.74) is 0.559. The number of carbonyl (C=O) groups excluding carboxylic acids is 1. The molecule has 3 nitrogen and oxygen atoms in total. The van der Waals surface area contributed by atoms with Gasteiger partial charge < -0.3 is 4.74 Å². The molecule has 1 aromatic heterocycles. The maximum absolute atomic E-state index is 11.4. The molecule has 100 valence electrons. The second-order valence-corrected chi connectivity index (χ2v) is 4.20. The van der Waals surface area contributed by atoms with Crippen LogP contribution in [-0.4, -0.2) is 10.8 Å². The minimum absolute atomic E-state index is 0.0272. The van der Waals surface area contributed by atoms with Crippen molar-refractivity contribution in [3.63, 3.8) is 0 Å². The Morgan fingerprint density at radius 2 is 1.74 bits per heavy atom. The smallest absolute Gasteiger partial charge is 0.163 e. The molecule has 0 atom stereocenters. The monoisotopic (exact) mass is 321 g/mol. The second-order valence-electron chi connectivity index (χ2n) is 3.45. The fourth-order valence-corrected chi connectivity index (χ4v) is 1.74. The van der Waals surface area contributed by atoms with E-state index in [0.29, 0.717) is 21.7 Å². The Morgan fingerprint density at radius 1 is 1.11 bits per heavy atom. The van der Waals surface area contributed by atoms with Crippen LogP contribution >= 0.6 is 15.9 Å². The highest BCUT2D eigenvalue weighted by atomic mass is 79.9. The molecule has 0 aliphatic carbocycles. The van der Waals surface area contributed by atoms with E-state index in [0.717, 1.165) is 0 Å². The lowest BCUT2D eigenvalue weighted by Crippen LogP contribution is -1.97. The quantitative estimate of drug-likeness (QED) is 0.598. The number of ketones is 1. The molecular formula is C15H16BrNO2. The number of para-hydroxylation sites is 1. The Labute approximate surface area is 121 Å². The number of halogens is 1. The average molecular weight is 322 g/mol. The Hall–Kier alpha value is -1.68. The largest absolute Gasteiger partial charge is 0.454 e. The lowest BCUT2D eigenvalue weighted by molar-refractivity contribution is 0.101. The van der Waals surface area contributed by atoms with Crippen LogP contribution in [0.4, 0.5) is 0 Å². The molecule has 0 radical (unpaired) electrons. The van der Waals surface area contributed by atoms with Gasteiger partial charge in [0.15, 0.2) is 11.5 Å². The van der Waals surface area contributed by atoms with Gasteiger partial charge in [-0.05, 0) is 47.1 Å². The number of benzene rings is 1. The number of carbonyl (C=O) groups is 1. The van der Waals surface area contributed by atoms with Crippen LogP contribution < -0.4 is 4.74 Å². The van der Waals surface area contributed by atoms with Gasteiger partial charge in [0, 0.05) is 6.20 Å². The summed E-state index contributed by atoms with van der Waals surface area (Å²) in [5.74, 6) is 1.09. The van der Waals surface area contributed by atoms with Crippen LogP contribution in [0.25, 0.3) is 0 Å². The molecule has 4 heteroatoms. The van der Waals surface area contributed by atoms with Crippen molar-refractivity contribution in [2.24, 2.45) is 0 Å². The summed E-state index contributed by atoms with van der Waals surface area (Å²) in [6.07, 6.45) is 1.66. The number of rotatable bonds is 3. The Kier molecular flexibility index (Phi) is 6.22. The number of hydrogen-bond acceptors (Lipinski definition) is 3. The maximum Gasteiger partial charge on any atom is 0.163 e.